The summed E-state index contributed by atoms with van der Waals surface area (Å²) in [6, 6.07) is 15.4. The van der Waals surface area contributed by atoms with E-state index < -0.39 is 10.0 Å². The first-order valence-electron chi connectivity index (χ1n) is 9.74. The molecule has 1 aliphatic heterocycles. The Morgan fingerprint density at radius 2 is 1.66 bits per heavy atom. The van der Waals surface area contributed by atoms with Gasteiger partial charge in [-0.1, -0.05) is 37.3 Å². The third-order valence-corrected chi connectivity index (χ3v) is 6.39. The number of hydrogen-bond donors (Lipinski definition) is 1. The van der Waals surface area contributed by atoms with Gasteiger partial charge in [0.25, 0.3) is 5.91 Å². The van der Waals surface area contributed by atoms with Crippen LogP contribution in [-0.4, -0.2) is 63.5 Å². The molecule has 7 nitrogen and oxygen atoms in total. The van der Waals surface area contributed by atoms with Crippen molar-refractivity contribution >= 4 is 15.9 Å². The zero-order chi connectivity index (χ0) is 20.7. The van der Waals surface area contributed by atoms with Crippen molar-refractivity contribution in [2.24, 2.45) is 0 Å². The van der Waals surface area contributed by atoms with Crippen LogP contribution in [0.3, 0.4) is 0 Å². The molecule has 2 aromatic carbocycles. The van der Waals surface area contributed by atoms with Crippen LogP contribution in [-0.2, 0) is 21.4 Å². The predicted octanol–water partition coefficient (Wildman–Crippen LogP) is 1.71. The molecule has 0 radical (unpaired) electrons. The van der Waals surface area contributed by atoms with Crippen molar-refractivity contribution in [1.29, 1.82) is 0 Å². The Bertz CT molecular complexity index is 893. The molecule has 1 aliphatic rings. The van der Waals surface area contributed by atoms with Gasteiger partial charge in [0.2, 0.25) is 10.0 Å². The number of likely N-dealkylation sites (N-methyl/N-ethyl adjacent to an activating group) is 1. The minimum absolute atomic E-state index is 0.0511. The Hall–Kier alpha value is -2.42. The molecule has 0 saturated carbocycles. The van der Waals surface area contributed by atoms with Crippen LogP contribution in [0.2, 0.25) is 0 Å². The summed E-state index contributed by atoms with van der Waals surface area (Å²) in [6.45, 7) is 6.46. The molecule has 1 N–H and O–H groups in total. The van der Waals surface area contributed by atoms with E-state index >= 15 is 0 Å². The second-order valence-electron chi connectivity index (χ2n) is 6.89. The van der Waals surface area contributed by atoms with Gasteiger partial charge in [0.1, 0.15) is 5.75 Å². The van der Waals surface area contributed by atoms with Gasteiger partial charge >= 0.3 is 0 Å². The first-order valence-corrected chi connectivity index (χ1v) is 11.2. The lowest BCUT2D eigenvalue weighted by Gasteiger charge is -2.33. The topological polar surface area (TPSA) is 79.0 Å². The molecule has 0 spiro atoms. The van der Waals surface area contributed by atoms with Crippen LogP contribution in [0.1, 0.15) is 12.5 Å². The molecule has 3 rings (SSSR count). The maximum atomic E-state index is 12.4. The van der Waals surface area contributed by atoms with Crippen molar-refractivity contribution in [3.8, 4) is 5.75 Å². The Kier molecular flexibility index (Phi) is 7.24. The molecule has 0 bridgehead atoms. The molecule has 8 heteroatoms. The molecular formula is C21H27N3O4S. The van der Waals surface area contributed by atoms with E-state index in [1.54, 1.807) is 17.0 Å². The summed E-state index contributed by atoms with van der Waals surface area (Å²) >= 11 is 0. The molecule has 2 aromatic rings. The third-order valence-electron chi connectivity index (χ3n) is 4.98. The van der Waals surface area contributed by atoms with Crippen LogP contribution in [0, 0.1) is 0 Å². The van der Waals surface area contributed by atoms with Gasteiger partial charge in [-0.3, -0.25) is 4.79 Å². The first kappa shape index (κ1) is 21.3. The van der Waals surface area contributed by atoms with E-state index in [9.17, 15) is 13.2 Å². The van der Waals surface area contributed by atoms with Crippen molar-refractivity contribution in [2.45, 2.75) is 18.4 Å². The lowest BCUT2D eigenvalue weighted by Crippen LogP contribution is -2.49. The van der Waals surface area contributed by atoms with E-state index in [2.05, 4.69) is 16.5 Å². The Labute approximate surface area is 172 Å². The number of rotatable bonds is 8. The molecule has 1 heterocycles. The van der Waals surface area contributed by atoms with Gasteiger partial charge in [0, 0.05) is 32.7 Å². The average molecular weight is 418 g/mol. The van der Waals surface area contributed by atoms with Gasteiger partial charge in [-0.05, 0) is 36.4 Å². The largest absolute Gasteiger partial charge is 0.484 e. The minimum atomic E-state index is -3.62. The average Bonchev–Trinajstić information content (AvgIpc) is 2.77. The molecule has 29 heavy (non-hydrogen) atoms. The molecule has 0 aliphatic carbocycles. The molecule has 1 amide bonds. The van der Waals surface area contributed by atoms with Crippen molar-refractivity contribution < 1.29 is 17.9 Å². The Morgan fingerprint density at radius 3 is 2.28 bits per heavy atom. The highest BCUT2D eigenvalue weighted by Crippen LogP contribution is 2.16. The molecule has 0 aromatic heterocycles. The van der Waals surface area contributed by atoms with Gasteiger partial charge in [0.05, 0.1) is 4.90 Å². The number of ether oxygens (including phenoxy) is 1. The fourth-order valence-electron chi connectivity index (χ4n) is 3.12. The molecule has 1 fully saturated rings. The van der Waals surface area contributed by atoms with Crippen LogP contribution >= 0.6 is 0 Å². The first-order chi connectivity index (χ1) is 14.0. The fourth-order valence-corrected chi connectivity index (χ4v) is 4.14. The van der Waals surface area contributed by atoms with E-state index in [-0.39, 0.29) is 24.0 Å². The summed E-state index contributed by atoms with van der Waals surface area (Å²) in [5, 5.41) is 0. The standard InChI is InChI=1S/C21H27N3O4S/c1-2-23-12-14-24(15-13-23)21(25)17-28-19-8-10-20(11-9-19)29(26,27)22-16-18-6-4-3-5-7-18/h3-11,22H,2,12-17H2,1H3. The van der Waals surface area contributed by atoms with E-state index in [4.69, 9.17) is 4.74 Å². The Balaban J connectivity index is 1.50. The van der Waals surface area contributed by atoms with E-state index in [1.807, 2.05) is 30.3 Å². The number of benzene rings is 2. The summed E-state index contributed by atoms with van der Waals surface area (Å²) in [5.41, 5.74) is 0.884. The van der Waals surface area contributed by atoms with Crippen molar-refractivity contribution in [3.63, 3.8) is 0 Å². The highest BCUT2D eigenvalue weighted by Gasteiger charge is 2.20. The number of hydrogen-bond acceptors (Lipinski definition) is 5. The van der Waals surface area contributed by atoms with Crippen LogP contribution in [0.15, 0.2) is 59.5 Å². The zero-order valence-electron chi connectivity index (χ0n) is 16.6. The number of carbonyl (C=O) groups is 1. The molecule has 0 atom stereocenters. The zero-order valence-corrected chi connectivity index (χ0v) is 17.4. The number of sulfonamides is 1. The second kappa shape index (κ2) is 9.87. The summed E-state index contributed by atoms with van der Waals surface area (Å²) in [4.78, 5) is 16.5. The number of amides is 1. The normalized spacial score (nSPS) is 15.3. The third kappa shape index (κ3) is 6.03. The Morgan fingerprint density at radius 1 is 1.00 bits per heavy atom. The van der Waals surface area contributed by atoms with Crippen molar-refractivity contribution in [3.05, 3.63) is 60.2 Å². The number of nitrogens with one attached hydrogen (secondary N) is 1. The van der Waals surface area contributed by atoms with Crippen LogP contribution in [0.25, 0.3) is 0 Å². The monoisotopic (exact) mass is 417 g/mol. The summed E-state index contributed by atoms with van der Waals surface area (Å²) < 4.78 is 33.0. The van der Waals surface area contributed by atoms with Gasteiger partial charge in [-0.25, -0.2) is 13.1 Å². The smallest absolute Gasteiger partial charge is 0.260 e. The van der Waals surface area contributed by atoms with Crippen molar-refractivity contribution in [2.75, 3.05) is 39.3 Å². The molecule has 1 saturated heterocycles. The van der Waals surface area contributed by atoms with Gasteiger partial charge in [-0.2, -0.15) is 0 Å². The predicted molar refractivity (Wildman–Crippen MR) is 111 cm³/mol. The van der Waals surface area contributed by atoms with Gasteiger partial charge in [-0.15, -0.1) is 0 Å². The van der Waals surface area contributed by atoms with E-state index in [1.165, 1.54) is 12.1 Å². The number of piperazine rings is 1. The number of carbonyl (C=O) groups excluding carboxylic acids is 1. The van der Waals surface area contributed by atoms with Crippen LogP contribution in [0.4, 0.5) is 0 Å². The van der Waals surface area contributed by atoms with Gasteiger partial charge < -0.3 is 14.5 Å². The highest BCUT2D eigenvalue weighted by atomic mass is 32.2. The van der Waals surface area contributed by atoms with Crippen molar-refractivity contribution in [1.82, 2.24) is 14.5 Å². The molecule has 156 valence electrons. The lowest BCUT2D eigenvalue weighted by molar-refractivity contribution is -0.135. The fraction of sp³-hybridized carbons (Fsp3) is 0.381. The second-order valence-corrected chi connectivity index (χ2v) is 8.65. The lowest BCUT2D eigenvalue weighted by atomic mass is 10.2. The SMILES string of the molecule is CCN1CCN(C(=O)COc2ccc(S(=O)(=O)NCc3ccccc3)cc2)CC1. The number of nitrogens with zero attached hydrogens (tertiary/aromatic N) is 2. The quantitative estimate of drug-likeness (QED) is 0.707. The van der Waals surface area contributed by atoms with E-state index in [0.717, 1.165) is 25.2 Å². The summed E-state index contributed by atoms with van der Waals surface area (Å²) in [6.07, 6.45) is 0. The summed E-state index contributed by atoms with van der Waals surface area (Å²) in [5.74, 6) is 0.412. The minimum Gasteiger partial charge on any atom is -0.484 e. The molecular weight excluding hydrogens is 390 g/mol. The van der Waals surface area contributed by atoms with Crippen LogP contribution in [0.5, 0.6) is 5.75 Å². The van der Waals surface area contributed by atoms with Gasteiger partial charge in [0.15, 0.2) is 6.61 Å². The maximum absolute atomic E-state index is 12.4. The van der Waals surface area contributed by atoms with E-state index in [0.29, 0.717) is 18.8 Å². The maximum Gasteiger partial charge on any atom is 0.260 e. The highest BCUT2D eigenvalue weighted by molar-refractivity contribution is 7.89. The molecule has 0 unspecified atom stereocenters. The van der Waals surface area contributed by atoms with Crippen LogP contribution < -0.4 is 9.46 Å². The summed E-state index contributed by atoms with van der Waals surface area (Å²) in [7, 11) is -3.62.